The molecule has 0 aromatic heterocycles. The number of unbranched alkanes of at least 4 members (excludes halogenated alkanes) is 3. The molecule has 0 aromatic carbocycles. The summed E-state index contributed by atoms with van der Waals surface area (Å²) in [5, 5.41) is 0. The molecule has 0 N–H and O–H groups in total. The van der Waals surface area contributed by atoms with Crippen molar-refractivity contribution in [1.29, 1.82) is 0 Å². The molecule has 0 amide bonds. The van der Waals surface area contributed by atoms with Gasteiger partial charge in [0.05, 0.1) is 0 Å². The van der Waals surface area contributed by atoms with Gasteiger partial charge in [0.25, 0.3) is 0 Å². The van der Waals surface area contributed by atoms with Crippen LogP contribution < -0.4 is 0 Å². The van der Waals surface area contributed by atoms with Crippen LogP contribution in [0.4, 0.5) is 0 Å². The number of methoxy groups -OCH3 is 1. The Kier molecular flexibility index (Phi) is 13.6. The zero-order valence-corrected chi connectivity index (χ0v) is 18.4. The molecule has 0 saturated heterocycles. The first kappa shape index (κ1) is 21.7. The van der Waals surface area contributed by atoms with Crippen LogP contribution in [0, 0.1) is 5.92 Å². The van der Waals surface area contributed by atoms with Gasteiger partial charge in [0.2, 0.25) is 0 Å². The van der Waals surface area contributed by atoms with E-state index < -0.39 is 18.4 Å². The molecule has 21 heavy (non-hydrogen) atoms. The van der Waals surface area contributed by atoms with Crippen molar-refractivity contribution in [3.8, 4) is 0 Å². The SMILES string of the molecule is CCC[CH2][Sn]([CH2]CCC)([CH2]CCC)[C@H](OCOC)C(C)C. The predicted octanol–water partition coefficient (Wildman–Crippen LogP) is 6.02. The first-order chi connectivity index (χ1) is 10.1. The Bertz CT molecular complexity index is 209. The van der Waals surface area contributed by atoms with E-state index >= 15 is 0 Å². The van der Waals surface area contributed by atoms with Gasteiger partial charge in [-0.1, -0.05) is 0 Å². The van der Waals surface area contributed by atoms with Crippen LogP contribution in [0.25, 0.3) is 0 Å². The summed E-state index contributed by atoms with van der Waals surface area (Å²) in [6.07, 6.45) is 8.19. The van der Waals surface area contributed by atoms with Crippen molar-refractivity contribution in [2.45, 2.75) is 90.6 Å². The van der Waals surface area contributed by atoms with Crippen molar-refractivity contribution in [1.82, 2.24) is 0 Å². The molecule has 0 saturated carbocycles. The molecule has 0 aromatic rings. The Hall–Kier alpha value is 0.719. The van der Waals surface area contributed by atoms with Crippen molar-refractivity contribution in [3.05, 3.63) is 0 Å². The molecular formula is C18H40O2Sn. The Labute approximate surface area is 138 Å². The monoisotopic (exact) mass is 408 g/mol. The van der Waals surface area contributed by atoms with E-state index in [9.17, 15) is 0 Å². The van der Waals surface area contributed by atoms with Crippen molar-refractivity contribution in [2.24, 2.45) is 5.92 Å². The number of hydrogen-bond acceptors (Lipinski definition) is 2. The van der Waals surface area contributed by atoms with Crippen molar-refractivity contribution in [2.75, 3.05) is 13.9 Å². The molecule has 2 nitrogen and oxygen atoms in total. The van der Waals surface area contributed by atoms with Crippen molar-refractivity contribution < 1.29 is 9.47 Å². The van der Waals surface area contributed by atoms with E-state index in [1.54, 1.807) is 7.11 Å². The first-order valence-corrected chi connectivity index (χ1v) is 16.9. The molecule has 0 bridgehead atoms. The molecule has 0 spiro atoms. The second kappa shape index (κ2) is 13.2. The van der Waals surface area contributed by atoms with Crippen LogP contribution in [0.1, 0.15) is 73.1 Å². The fraction of sp³-hybridized carbons (Fsp3) is 1.00. The van der Waals surface area contributed by atoms with E-state index in [1.165, 1.54) is 51.8 Å². The van der Waals surface area contributed by atoms with Crippen LogP contribution >= 0.6 is 0 Å². The van der Waals surface area contributed by atoms with Gasteiger partial charge in [0, 0.05) is 0 Å². The van der Waals surface area contributed by atoms with E-state index in [1.807, 2.05) is 0 Å². The van der Waals surface area contributed by atoms with Gasteiger partial charge in [-0.2, -0.15) is 0 Å². The standard InChI is InChI=1S/C6H13O2.3C4H9.Sn/c1-6(2)4-8-5-7-3;3*1-3-4-2;/h4,6H,5H2,1-3H3;3*1,3-4H2,2H3;. The van der Waals surface area contributed by atoms with Crippen LogP contribution in [-0.4, -0.2) is 36.4 Å². The average Bonchev–Trinajstić information content (AvgIpc) is 2.48. The van der Waals surface area contributed by atoms with E-state index in [-0.39, 0.29) is 0 Å². The van der Waals surface area contributed by atoms with E-state index in [0.717, 1.165) is 0 Å². The van der Waals surface area contributed by atoms with Gasteiger partial charge in [0.15, 0.2) is 0 Å². The molecule has 0 aliphatic rings. The summed E-state index contributed by atoms with van der Waals surface area (Å²) in [4.78, 5) is 0. The Balaban J connectivity index is 5.18. The number of hydrogen-bond donors (Lipinski definition) is 0. The molecule has 3 heteroatoms. The van der Waals surface area contributed by atoms with E-state index in [4.69, 9.17) is 9.47 Å². The van der Waals surface area contributed by atoms with Gasteiger partial charge in [-0.25, -0.2) is 0 Å². The van der Waals surface area contributed by atoms with Crippen molar-refractivity contribution in [3.63, 3.8) is 0 Å². The fourth-order valence-corrected chi connectivity index (χ4v) is 22.5. The molecular weight excluding hydrogens is 367 g/mol. The summed E-state index contributed by atoms with van der Waals surface area (Å²) in [6, 6.07) is 0. The normalized spacial score (nSPS) is 13.9. The third-order valence-corrected chi connectivity index (χ3v) is 22.0. The van der Waals surface area contributed by atoms with Crippen LogP contribution in [0.3, 0.4) is 0 Å². The Morgan fingerprint density at radius 1 is 0.810 bits per heavy atom. The van der Waals surface area contributed by atoms with Crippen molar-refractivity contribution >= 4 is 18.4 Å². The third-order valence-electron chi connectivity index (χ3n) is 4.66. The van der Waals surface area contributed by atoms with Crippen LogP contribution in [0.5, 0.6) is 0 Å². The molecule has 0 fully saturated rings. The second-order valence-corrected chi connectivity index (χ2v) is 20.6. The zero-order valence-electron chi connectivity index (χ0n) is 15.5. The second-order valence-electron chi connectivity index (χ2n) is 6.91. The quantitative estimate of drug-likeness (QED) is 0.259. The molecule has 0 radical (unpaired) electrons. The Morgan fingerprint density at radius 3 is 1.52 bits per heavy atom. The molecule has 0 aliphatic carbocycles. The number of ether oxygens (including phenoxy) is 2. The summed E-state index contributed by atoms with van der Waals surface area (Å²) < 4.78 is 16.6. The topological polar surface area (TPSA) is 18.5 Å². The van der Waals surface area contributed by atoms with Crippen LogP contribution in [-0.2, 0) is 9.47 Å². The first-order valence-electron chi connectivity index (χ1n) is 9.18. The summed E-state index contributed by atoms with van der Waals surface area (Å²) >= 11 is -2.28. The van der Waals surface area contributed by atoms with Gasteiger partial charge >= 0.3 is 138 Å². The Morgan fingerprint density at radius 2 is 1.24 bits per heavy atom. The molecule has 0 heterocycles. The van der Waals surface area contributed by atoms with Crippen LogP contribution in [0.15, 0.2) is 0 Å². The molecule has 1 atom stereocenters. The van der Waals surface area contributed by atoms with Gasteiger partial charge in [0.1, 0.15) is 0 Å². The summed E-state index contributed by atoms with van der Waals surface area (Å²) in [5.74, 6) is 0.640. The van der Waals surface area contributed by atoms with E-state index in [2.05, 4.69) is 34.6 Å². The molecule has 0 rings (SSSR count). The van der Waals surface area contributed by atoms with E-state index in [0.29, 0.717) is 16.8 Å². The summed E-state index contributed by atoms with van der Waals surface area (Å²) in [7, 11) is 1.75. The molecule has 128 valence electrons. The fourth-order valence-electron chi connectivity index (χ4n) is 3.61. The van der Waals surface area contributed by atoms with Gasteiger partial charge < -0.3 is 0 Å². The molecule has 0 unspecified atom stereocenters. The maximum atomic E-state index is 6.28. The van der Waals surface area contributed by atoms with Gasteiger partial charge in [-0.05, 0) is 0 Å². The minimum atomic E-state index is -2.28. The summed E-state index contributed by atoms with van der Waals surface area (Å²) in [5.41, 5.74) is 0. The maximum absolute atomic E-state index is 6.28. The molecule has 0 aliphatic heterocycles. The predicted molar refractivity (Wildman–Crippen MR) is 96.5 cm³/mol. The van der Waals surface area contributed by atoms with Crippen LogP contribution in [0.2, 0.25) is 13.3 Å². The zero-order chi connectivity index (χ0) is 16.1. The van der Waals surface area contributed by atoms with Gasteiger partial charge in [-0.3, -0.25) is 0 Å². The minimum absolute atomic E-state index is 0.478. The third kappa shape index (κ3) is 8.22. The average molecular weight is 407 g/mol. The number of rotatable bonds is 14. The van der Waals surface area contributed by atoms with Gasteiger partial charge in [-0.15, -0.1) is 0 Å². The summed E-state index contributed by atoms with van der Waals surface area (Å²) in [6.45, 7) is 12.2.